The lowest BCUT2D eigenvalue weighted by molar-refractivity contribution is -0.385. The van der Waals surface area contributed by atoms with Crippen LogP contribution in [0.25, 0.3) is 0 Å². The summed E-state index contributed by atoms with van der Waals surface area (Å²) >= 11 is 0. The second-order valence-corrected chi connectivity index (χ2v) is 4.48. The van der Waals surface area contributed by atoms with Crippen LogP contribution in [0.4, 0.5) is 5.69 Å². The highest BCUT2D eigenvalue weighted by Crippen LogP contribution is 2.28. The van der Waals surface area contributed by atoms with Crippen molar-refractivity contribution < 1.29 is 14.8 Å². The summed E-state index contributed by atoms with van der Waals surface area (Å²) in [5.74, 6) is -0.946. The number of nitro groups is 1. The van der Waals surface area contributed by atoms with E-state index in [-0.39, 0.29) is 12.1 Å². The van der Waals surface area contributed by atoms with Gasteiger partial charge >= 0.3 is 5.97 Å². The standard InChI is InChI=1S/C12H14N2O4/c15-11(16)12(6-3-7-13-12)8-9-4-1-2-5-10(9)14(17)18/h1-2,4-5,13H,3,6-8H2,(H,15,16). The van der Waals surface area contributed by atoms with Crippen molar-refractivity contribution in [2.45, 2.75) is 24.8 Å². The van der Waals surface area contributed by atoms with E-state index in [1.807, 2.05) is 0 Å². The molecular weight excluding hydrogens is 236 g/mol. The van der Waals surface area contributed by atoms with Gasteiger partial charge in [-0.15, -0.1) is 0 Å². The molecule has 6 nitrogen and oxygen atoms in total. The largest absolute Gasteiger partial charge is 0.480 e. The van der Waals surface area contributed by atoms with Crippen LogP contribution >= 0.6 is 0 Å². The van der Waals surface area contributed by atoms with E-state index in [1.165, 1.54) is 6.07 Å². The van der Waals surface area contributed by atoms with Crippen molar-refractivity contribution in [3.63, 3.8) is 0 Å². The highest BCUT2D eigenvalue weighted by Gasteiger charge is 2.42. The Balaban J connectivity index is 2.33. The molecule has 1 unspecified atom stereocenters. The lowest BCUT2D eigenvalue weighted by Gasteiger charge is -2.24. The summed E-state index contributed by atoms with van der Waals surface area (Å²) in [6, 6.07) is 6.28. The number of carboxylic acids is 1. The molecule has 1 aliphatic heterocycles. The van der Waals surface area contributed by atoms with Gasteiger partial charge in [0.05, 0.1) is 4.92 Å². The second kappa shape index (κ2) is 4.73. The zero-order valence-corrected chi connectivity index (χ0v) is 9.76. The minimum absolute atomic E-state index is 0.0215. The highest BCUT2D eigenvalue weighted by molar-refractivity contribution is 5.80. The molecule has 2 rings (SSSR count). The number of hydrogen-bond donors (Lipinski definition) is 2. The molecule has 0 radical (unpaired) electrons. The van der Waals surface area contributed by atoms with Crippen molar-refractivity contribution in [2.75, 3.05) is 6.54 Å². The van der Waals surface area contributed by atoms with Gasteiger partial charge in [-0.3, -0.25) is 14.9 Å². The van der Waals surface area contributed by atoms with Gasteiger partial charge in [0, 0.05) is 18.1 Å². The minimum Gasteiger partial charge on any atom is -0.480 e. The van der Waals surface area contributed by atoms with Gasteiger partial charge in [0.2, 0.25) is 0 Å². The number of aliphatic carboxylic acids is 1. The number of nitrogens with zero attached hydrogens (tertiary/aromatic N) is 1. The molecule has 0 spiro atoms. The number of para-hydroxylation sites is 1. The number of benzene rings is 1. The summed E-state index contributed by atoms with van der Waals surface area (Å²) in [4.78, 5) is 21.8. The van der Waals surface area contributed by atoms with E-state index in [4.69, 9.17) is 0 Å². The number of nitro benzene ring substituents is 1. The van der Waals surface area contributed by atoms with Gasteiger partial charge in [0.1, 0.15) is 5.54 Å². The molecule has 0 saturated carbocycles. The molecule has 0 bridgehead atoms. The molecule has 6 heteroatoms. The van der Waals surface area contributed by atoms with Gasteiger partial charge in [-0.1, -0.05) is 18.2 Å². The number of rotatable bonds is 4. The van der Waals surface area contributed by atoms with Crippen molar-refractivity contribution in [2.24, 2.45) is 0 Å². The Morgan fingerprint density at radius 2 is 2.22 bits per heavy atom. The Morgan fingerprint density at radius 3 is 2.78 bits per heavy atom. The molecule has 0 amide bonds. The third-order valence-electron chi connectivity index (χ3n) is 3.33. The van der Waals surface area contributed by atoms with Gasteiger partial charge in [-0.05, 0) is 19.4 Å². The number of nitrogens with one attached hydrogen (secondary N) is 1. The normalized spacial score (nSPS) is 22.9. The van der Waals surface area contributed by atoms with E-state index in [0.717, 1.165) is 6.42 Å². The summed E-state index contributed by atoms with van der Waals surface area (Å²) in [5.41, 5.74) is -0.627. The number of carboxylic acid groups (broad SMARTS) is 1. The quantitative estimate of drug-likeness (QED) is 0.621. The summed E-state index contributed by atoms with van der Waals surface area (Å²) < 4.78 is 0. The zero-order valence-electron chi connectivity index (χ0n) is 9.76. The fourth-order valence-corrected chi connectivity index (χ4v) is 2.38. The molecule has 0 aromatic heterocycles. The van der Waals surface area contributed by atoms with Crippen LogP contribution in [0.15, 0.2) is 24.3 Å². The lowest BCUT2D eigenvalue weighted by atomic mass is 9.89. The summed E-state index contributed by atoms with van der Waals surface area (Å²) in [7, 11) is 0. The third kappa shape index (κ3) is 2.19. The van der Waals surface area contributed by atoms with Crippen LogP contribution < -0.4 is 5.32 Å². The van der Waals surface area contributed by atoms with Crippen LogP contribution in [-0.2, 0) is 11.2 Å². The summed E-state index contributed by atoms with van der Waals surface area (Å²) in [6.07, 6.45) is 1.40. The van der Waals surface area contributed by atoms with Crippen LogP contribution in [0.2, 0.25) is 0 Å². The van der Waals surface area contributed by atoms with Gasteiger partial charge < -0.3 is 10.4 Å². The molecule has 1 aromatic rings. The smallest absolute Gasteiger partial charge is 0.324 e. The maximum Gasteiger partial charge on any atom is 0.324 e. The SMILES string of the molecule is O=C(O)C1(Cc2ccccc2[N+](=O)[O-])CCCN1. The third-order valence-corrected chi connectivity index (χ3v) is 3.33. The van der Waals surface area contributed by atoms with Crippen LogP contribution in [-0.4, -0.2) is 28.1 Å². The molecule has 1 atom stereocenters. The predicted molar refractivity (Wildman–Crippen MR) is 64.4 cm³/mol. The highest BCUT2D eigenvalue weighted by atomic mass is 16.6. The Hall–Kier alpha value is -1.95. The predicted octanol–water partition coefficient (Wildman–Crippen LogP) is 1.34. The number of carbonyl (C=O) groups is 1. The number of hydrogen-bond acceptors (Lipinski definition) is 4. The Morgan fingerprint density at radius 1 is 1.50 bits per heavy atom. The van der Waals surface area contributed by atoms with E-state index < -0.39 is 16.4 Å². The Labute approximate surface area is 104 Å². The van der Waals surface area contributed by atoms with Crippen LogP contribution in [0.3, 0.4) is 0 Å². The molecule has 1 fully saturated rings. The van der Waals surface area contributed by atoms with Crippen LogP contribution in [0.1, 0.15) is 18.4 Å². The maximum absolute atomic E-state index is 11.4. The van der Waals surface area contributed by atoms with E-state index in [9.17, 15) is 20.0 Å². The van der Waals surface area contributed by atoms with Crippen molar-refractivity contribution in [1.82, 2.24) is 5.32 Å². The van der Waals surface area contributed by atoms with Gasteiger partial charge in [0.15, 0.2) is 0 Å². The first-order valence-electron chi connectivity index (χ1n) is 5.76. The molecule has 2 N–H and O–H groups in total. The summed E-state index contributed by atoms with van der Waals surface area (Å²) in [5, 5.41) is 23.2. The second-order valence-electron chi connectivity index (χ2n) is 4.48. The monoisotopic (exact) mass is 250 g/mol. The van der Waals surface area contributed by atoms with E-state index >= 15 is 0 Å². The molecule has 1 aromatic carbocycles. The van der Waals surface area contributed by atoms with Crippen molar-refractivity contribution in [3.05, 3.63) is 39.9 Å². The Bertz CT molecular complexity index is 481. The topological polar surface area (TPSA) is 92.5 Å². The summed E-state index contributed by atoms with van der Waals surface area (Å²) in [6.45, 7) is 0.632. The van der Waals surface area contributed by atoms with Crippen molar-refractivity contribution in [1.29, 1.82) is 0 Å². The molecule has 96 valence electrons. The van der Waals surface area contributed by atoms with Gasteiger partial charge in [-0.2, -0.15) is 0 Å². The average molecular weight is 250 g/mol. The van der Waals surface area contributed by atoms with Gasteiger partial charge in [0.25, 0.3) is 5.69 Å². The first-order chi connectivity index (χ1) is 8.55. The molecule has 1 saturated heterocycles. The molecular formula is C12H14N2O4. The van der Waals surface area contributed by atoms with Crippen LogP contribution in [0, 0.1) is 10.1 Å². The van der Waals surface area contributed by atoms with E-state index in [0.29, 0.717) is 18.5 Å². The van der Waals surface area contributed by atoms with Crippen molar-refractivity contribution >= 4 is 11.7 Å². The minimum atomic E-state index is -1.06. The van der Waals surface area contributed by atoms with E-state index in [1.54, 1.807) is 18.2 Å². The maximum atomic E-state index is 11.4. The first-order valence-corrected chi connectivity index (χ1v) is 5.76. The van der Waals surface area contributed by atoms with Crippen molar-refractivity contribution in [3.8, 4) is 0 Å². The first kappa shape index (κ1) is 12.5. The fourth-order valence-electron chi connectivity index (χ4n) is 2.38. The average Bonchev–Trinajstić information content (AvgIpc) is 2.79. The molecule has 1 heterocycles. The van der Waals surface area contributed by atoms with E-state index in [2.05, 4.69) is 5.32 Å². The van der Waals surface area contributed by atoms with Gasteiger partial charge in [-0.25, -0.2) is 0 Å². The molecule has 18 heavy (non-hydrogen) atoms. The Kier molecular flexibility index (Phi) is 3.29. The zero-order chi connectivity index (χ0) is 13.2. The lowest BCUT2D eigenvalue weighted by Crippen LogP contribution is -2.49. The fraction of sp³-hybridized carbons (Fsp3) is 0.417. The molecule has 1 aliphatic rings. The molecule has 0 aliphatic carbocycles. The van der Waals surface area contributed by atoms with Crippen LogP contribution in [0.5, 0.6) is 0 Å².